The number of aromatic nitrogens is 4. The lowest BCUT2D eigenvalue weighted by molar-refractivity contribution is 0.0892. The Kier molecular flexibility index (Phi) is 4.56. The highest BCUT2D eigenvalue weighted by Gasteiger charge is 2.40. The molecule has 0 aromatic carbocycles. The van der Waals surface area contributed by atoms with E-state index in [1.165, 1.54) is 0 Å². The molecule has 0 unspecified atom stereocenters. The van der Waals surface area contributed by atoms with Crippen LogP contribution >= 0.6 is 11.3 Å². The lowest BCUT2D eigenvalue weighted by atomic mass is 9.98. The van der Waals surface area contributed by atoms with Crippen LogP contribution in [0.3, 0.4) is 0 Å². The van der Waals surface area contributed by atoms with Gasteiger partial charge >= 0.3 is 0 Å². The monoisotopic (exact) mass is 360 g/mol. The van der Waals surface area contributed by atoms with Crippen LogP contribution in [0, 0.1) is 6.92 Å². The smallest absolute Gasteiger partial charge is 0.274 e. The number of hydrogen-bond donors (Lipinski definition) is 2. The van der Waals surface area contributed by atoms with Crippen LogP contribution in [0.4, 0.5) is 0 Å². The maximum atomic E-state index is 13.0. The third-order valence-electron chi connectivity index (χ3n) is 5.45. The van der Waals surface area contributed by atoms with Crippen LogP contribution in [0.2, 0.25) is 0 Å². The van der Waals surface area contributed by atoms with Crippen LogP contribution in [-0.4, -0.2) is 39.0 Å². The Morgan fingerprint density at radius 1 is 1.36 bits per heavy atom. The first-order valence-corrected chi connectivity index (χ1v) is 9.92. The van der Waals surface area contributed by atoms with Gasteiger partial charge in [0, 0.05) is 11.6 Å². The van der Waals surface area contributed by atoms with Crippen LogP contribution in [0.1, 0.15) is 65.8 Å². The minimum absolute atomic E-state index is 0.130. The van der Waals surface area contributed by atoms with E-state index in [4.69, 9.17) is 0 Å². The Hall–Kier alpha value is -1.80. The SMILES string of the molecule is Cc1c(C(=O)NC2(c3nccs3)CCCC2)nnn1C1CCNCC1. The minimum atomic E-state index is -0.337. The van der Waals surface area contributed by atoms with Crippen molar-refractivity contribution in [1.29, 1.82) is 0 Å². The lowest BCUT2D eigenvalue weighted by Crippen LogP contribution is -2.44. The van der Waals surface area contributed by atoms with Crippen LogP contribution in [0.5, 0.6) is 0 Å². The van der Waals surface area contributed by atoms with Gasteiger partial charge in [-0.3, -0.25) is 4.79 Å². The molecule has 1 aliphatic carbocycles. The van der Waals surface area contributed by atoms with Gasteiger partial charge in [0.05, 0.1) is 17.3 Å². The highest BCUT2D eigenvalue weighted by Crippen LogP contribution is 2.39. The Labute approximate surface area is 151 Å². The average molecular weight is 360 g/mol. The Balaban J connectivity index is 1.56. The van der Waals surface area contributed by atoms with Crippen LogP contribution < -0.4 is 10.6 Å². The van der Waals surface area contributed by atoms with Crippen LogP contribution in [0.25, 0.3) is 0 Å². The summed E-state index contributed by atoms with van der Waals surface area (Å²) in [5.41, 5.74) is 0.967. The second-order valence-corrected chi connectivity index (χ2v) is 7.92. The van der Waals surface area contributed by atoms with Crippen molar-refractivity contribution in [2.75, 3.05) is 13.1 Å². The first-order chi connectivity index (χ1) is 12.2. The largest absolute Gasteiger partial charge is 0.339 e. The molecule has 1 aliphatic heterocycles. The van der Waals surface area contributed by atoms with Gasteiger partial charge in [-0.05, 0) is 45.7 Å². The van der Waals surface area contributed by atoms with Gasteiger partial charge in [-0.1, -0.05) is 18.1 Å². The molecule has 0 bridgehead atoms. The summed E-state index contributed by atoms with van der Waals surface area (Å²) in [5, 5.41) is 18.1. The normalized spacial score (nSPS) is 20.7. The fraction of sp³-hybridized carbons (Fsp3) is 0.647. The minimum Gasteiger partial charge on any atom is -0.339 e. The summed E-state index contributed by atoms with van der Waals surface area (Å²) in [6.07, 6.45) is 7.95. The van der Waals surface area contributed by atoms with Crippen molar-refractivity contribution in [2.24, 2.45) is 0 Å². The third kappa shape index (κ3) is 3.08. The molecule has 2 aromatic rings. The molecule has 0 spiro atoms. The fourth-order valence-electron chi connectivity index (χ4n) is 4.06. The van der Waals surface area contributed by atoms with E-state index in [1.807, 2.05) is 23.2 Å². The van der Waals surface area contributed by atoms with Crippen molar-refractivity contribution in [2.45, 2.75) is 57.0 Å². The summed E-state index contributed by atoms with van der Waals surface area (Å²) < 4.78 is 1.93. The lowest BCUT2D eigenvalue weighted by Gasteiger charge is -2.28. The van der Waals surface area contributed by atoms with Crippen molar-refractivity contribution in [3.05, 3.63) is 28.0 Å². The van der Waals surface area contributed by atoms with E-state index in [1.54, 1.807) is 11.3 Å². The predicted molar refractivity (Wildman–Crippen MR) is 95.6 cm³/mol. The number of hydrogen-bond acceptors (Lipinski definition) is 6. The van der Waals surface area contributed by atoms with E-state index in [9.17, 15) is 4.79 Å². The summed E-state index contributed by atoms with van der Waals surface area (Å²) in [7, 11) is 0. The summed E-state index contributed by atoms with van der Waals surface area (Å²) >= 11 is 1.61. The molecule has 25 heavy (non-hydrogen) atoms. The molecular formula is C17H24N6OS. The summed E-state index contributed by atoms with van der Waals surface area (Å²) in [5.74, 6) is -0.130. The number of thiazole rings is 1. The summed E-state index contributed by atoms with van der Waals surface area (Å²) in [6.45, 7) is 3.92. The van der Waals surface area contributed by atoms with Crippen molar-refractivity contribution in [3.8, 4) is 0 Å². The van der Waals surface area contributed by atoms with Crippen molar-refractivity contribution in [1.82, 2.24) is 30.6 Å². The first-order valence-electron chi connectivity index (χ1n) is 9.05. The van der Waals surface area contributed by atoms with E-state index in [2.05, 4.69) is 25.9 Å². The topological polar surface area (TPSA) is 84.7 Å². The number of rotatable bonds is 4. The van der Waals surface area contributed by atoms with Crippen molar-refractivity contribution in [3.63, 3.8) is 0 Å². The third-order valence-corrected chi connectivity index (χ3v) is 6.43. The molecule has 1 saturated carbocycles. The Morgan fingerprint density at radius 2 is 2.12 bits per heavy atom. The molecule has 3 heterocycles. The van der Waals surface area contributed by atoms with E-state index in [0.29, 0.717) is 11.7 Å². The Bertz CT molecular complexity index is 728. The van der Waals surface area contributed by atoms with Crippen LogP contribution in [0.15, 0.2) is 11.6 Å². The molecular weight excluding hydrogens is 336 g/mol. The Morgan fingerprint density at radius 3 is 2.80 bits per heavy atom. The second kappa shape index (κ2) is 6.84. The second-order valence-electron chi connectivity index (χ2n) is 7.03. The fourth-order valence-corrected chi connectivity index (χ4v) is 4.91. The molecule has 2 aliphatic rings. The number of piperidine rings is 1. The predicted octanol–water partition coefficient (Wildman–Crippen LogP) is 2.17. The molecule has 2 fully saturated rings. The maximum absolute atomic E-state index is 13.0. The number of carbonyl (C=O) groups is 1. The van der Waals surface area contributed by atoms with E-state index >= 15 is 0 Å². The quantitative estimate of drug-likeness (QED) is 0.873. The number of amides is 1. The molecule has 0 atom stereocenters. The molecule has 134 valence electrons. The molecule has 8 heteroatoms. The van der Waals surface area contributed by atoms with E-state index < -0.39 is 0 Å². The van der Waals surface area contributed by atoms with Gasteiger partial charge in [-0.2, -0.15) is 0 Å². The van der Waals surface area contributed by atoms with Crippen molar-refractivity contribution < 1.29 is 4.79 Å². The molecule has 2 aromatic heterocycles. The van der Waals surface area contributed by atoms with E-state index in [0.717, 1.165) is 62.3 Å². The molecule has 4 rings (SSSR count). The van der Waals surface area contributed by atoms with Gasteiger partial charge in [-0.25, -0.2) is 9.67 Å². The van der Waals surface area contributed by atoms with Gasteiger partial charge in [0.1, 0.15) is 5.01 Å². The van der Waals surface area contributed by atoms with Gasteiger partial charge in [0.15, 0.2) is 5.69 Å². The van der Waals surface area contributed by atoms with Gasteiger partial charge in [-0.15, -0.1) is 16.4 Å². The highest BCUT2D eigenvalue weighted by molar-refractivity contribution is 7.09. The first kappa shape index (κ1) is 16.7. The molecule has 7 nitrogen and oxygen atoms in total. The number of carbonyl (C=O) groups excluding carboxylic acids is 1. The molecule has 1 saturated heterocycles. The van der Waals surface area contributed by atoms with Gasteiger partial charge in [0.25, 0.3) is 5.91 Å². The van der Waals surface area contributed by atoms with Crippen molar-refractivity contribution >= 4 is 17.2 Å². The molecule has 0 radical (unpaired) electrons. The number of nitrogens with zero attached hydrogens (tertiary/aromatic N) is 4. The van der Waals surface area contributed by atoms with Crippen LogP contribution in [-0.2, 0) is 5.54 Å². The zero-order valence-corrected chi connectivity index (χ0v) is 15.3. The summed E-state index contributed by atoms with van der Waals surface area (Å²) in [6, 6.07) is 0.328. The molecule has 1 amide bonds. The standard InChI is InChI=1S/C17H24N6OS/c1-12-14(21-22-23(12)13-4-8-18-9-5-13)15(24)20-17(6-2-3-7-17)16-19-10-11-25-16/h10-11,13,18H,2-9H2,1H3,(H,20,24). The zero-order chi connectivity index (χ0) is 17.3. The zero-order valence-electron chi connectivity index (χ0n) is 14.5. The van der Waals surface area contributed by atoms with Gasteiger partial charge in [0.2, 0.25) is 0 Å². The molecule has 2 N–H and O–H groups in total. The number of nitrogens with one attached hydrogen (secondary N) is 2. The summed E-state index contributed by atoms with van der Waals surface area (Å²) in [4.78, 5) is 17.4. The maximum Gasteiger partial charge on any atom is 0.274 e. The average Bonchev–Trinajstić information content (AvgIpc) is 3.36. The van der Waals surface area contributed by atoms with Gasteiger partial charge < -0.3 is 10.6 Å². The van der Waals surface area contributed by atoms with E-state index in [-0.39, 0.29) is 11.4 Å². The highest BCUT2D eigenvalue weighted by atomic mass is 32.1.